The van der Waals surface area contributed by atoms with Crippen LogP contribution < -0.4 is 10.9 Å². The molecule has 0 saturated carbocycles. The Labute approximate surface area is 177 Å². The zero-order valence-corrected chi connectivity index (χ0v) is 17.0. The van der Waals surface area contributed by atoms with Crippen LogP contribution in [-0.4, -0.2) is 30.8 Å². The molecular weight excluding hydrogens is 431 g/mol. The van der Waals surface area contributed by atoms with E-state index >= 15 is 0 Å². The van der Waals surface area contributed by atoms with E-state index in [2.05, 4.69) is 15.5 Å². The minimum absolute atomic E-state index is 0.188. The van der Waals surface area contributed by atoms with Crippen molar-refractivity contribution in [3.05, 3.63) is 64.4 Å². The molecule has 31 heavy (non-hydrogen) atoms. The second-order valence-corrected chi connectivity index (χ2v) is 7.51. The van der Waals surface area contributed by atoms with Crippen LogP contribution in [0.15, 0.2) is 58.5 Å². The number of carbonyl (C=O) groups is 1. The van der Waals surface area contributed by atoms with Gasteiger partial charge in [0, 0.05) is 6.54 Å². The molecule has 0 aliphatic rings. The van der Waals surface area contributed by atoms with Crippen molar-refractivity contribution in [1.29, 1.82) is 0 Å². The number of thioether (sulfide) groups is 1. The third-order valence-electron chi connectivity index (χ3n) is 4.63. The number of alkyl halides is 3. The molecule has 1 amide bonds. The zero-order valence-electron chi connectivity index (χ0n) is 16.2. The molecule has 0 aliphatic carbocycles. The number of nitrogens with one attached hydrogen (secondary N) is 1. The number of halogens is 3. The Bertz CT molecular complexity index is 1350. The van der Waals surface area contributed by atoms with Crippen molar-refractivity contribution in [2.45, 2.75) is 24.8 Å². The molecule has 11 heteroatoms. The van der Waals surface area contributed by atoms with Gasteiger partial charge in [-0.3, -0.25) is 18.6 Å². The number of hydrogen-bond acceptors (Lipinski definition) is 5. The first-order valence-electron chi connectivity index (χ1n) is 9.26. The van der Waals surface area contributed by atoms with Crippen molar-refractivity contribution in [2.75, 3.05) is 11.1 Å². The fourth-order valence-corrected chi connectivity index (χ4v) is 4.01. The van der Waals surface area contributed by atoms with Crippen LogP contribution >= 0.6 is 11.8 Å². The van der Waals surface area contributed by atoms with E-state index in [0.29, 0.717) is 28.4 Å². The second kappa shape index (κ2) is 8.06. The Hall–Kier alpha value is -3.34. The molecule has 160 valence electrons. The van der Waals surface area contributed by atoms with E-state index in [-0.39, 0.29) is 17.0 Å². The van der Waals surface area contributed by atoms with Gasteiger partial charge in [0.05, 0.1) is 27.9 Å². The highest BCUT2D eigenvalue weighted by Gasteiger charge is 2.33. The highest BCUT2D eigenvalue weighted by molar-refractivity contribution is 7.99. The Morgan fingerprint density at radius 1 is 1.10 bits per heavy atom. The topological polar surface area (TPSA) is 81.3 Å². The molecule has 0 atom stereocenters. The van der Waals surface area contributed by atoms with Crippen LogP contribution in [0.1, 0.15) is 12.5 Å². The van der Waals surface area contributed by atoms with E-state index in [9.17, 15) is 22.8 Å². The molecule has 4 rings (SSSR count). The summed E-state index contributed by atoms with van der Waals surface area (Å²) in [7, 11) is 0. The molecule has 2 aromatic heterocycles. The number of nitrogens with zero attached hydrogens (tertiary/aromatic N) is 4. The van der Waals surface area contributed by atoms with Gasteiger partial charge in [-0.25, -0.2) is 0 Å². The number of hydrogen-bond donors (Lipinski definition) is 1. The zero-order chi connectivity index (χ0) is 22.2. The summed E-state index contributed by atoms with van der Waals surface area (Å²) >= 11 is 1.02. The van der Waals surface area contributed by atoms with Crippen molar-refractivity contribution >= 4 is 40.0 Å². The van der Waals surface area contributed by atoms with Gasteiger partial charge in [-0.2, -0.15) is 13.2 Å². The highest BCUT2D eigenvalue weighted by Crippen LogP contribution is 2.34. The second-order valence-electron chi connectivity index (χ2n) is 6.56. The molecule has 0 fully saturated rings. The maximum absolute atomic E-state index is 13.1. The molecule has 7 nitrogen and oxygen atoms in total. The predicted molar refractivity (Wildman–Crippen MR) is 111 cm³/mol. The average Bonchev–Trinajstić information content (AvgIpc) is 3.16. The number of fused-ring (bicyclic) bond motifs is 3. The van der Waals surface area contributed by atoms with E-state index < -0.39 is 17.6 Å². The standard InChI is InChI=1S/C20H16F3N5O2S/c1-2-27-17(30)12-7-3-6-10-15(12)28-18(27)25-26-19(28)31-11-16(29)24-14-9-5-4-8-13(14)20(21,22)23/h3-10H,2,11H2,1H3,(H,24,29). The summed E-state index contributed by atoms with van der Waals surface area (Å²) in [5.74, 6) is -0.477. The summed E-state index contributed by atoms with van der Waals surface area (Å²) in [6.45, 7) is 2.19. The SMILES string of the molecule is CCn1c(=O)c2ccccc2n2c(SCC(=O)Nc3ccccc3C(F)(F)F)nnc12. The van der Waals surface area contributed by atoms with Crippen molar-refractivity contribution in [1.82, 2.24) is 19.2 Å². The first-order chi connectivity index (χ1) is 14.8. The van der Waals surface area contributed by atoms with Crippen LogP contribution in [-0.2, 0) is 17.5 Å². The number of rotatable bonds is 5. The van der Waals surface area contributed by atoms with Crippen LogP contribution in [0.4, 0.5) is 18.9 Å². The molecule has 0 aliphatic heterocycles. The Kier molecular flexibility index (Phi) is 5.44. The Morgan fingerprint density at radius 3 is 2.55 bits per heavy atom. The monoisotopic (exact) mass is 447 g/mol. The number of carbonyl (C=O) groups excluding carboxylic acids is 1. The van der Waals surface area contributed by atoms with Crippen LogP contribution in [0.25, 0.3) is 16.7 Å². The van der Waals surface area contributed by atoms with Gasteiger partial charge >= 0.3 is 6.18 Å². The first kappa shape index (κ1) is 20.9. The lowest BCUT2D eigenvalue weighted by atomic mass is 10.1. The normalized spacial score (nSPS) is 11.9. The number of para-hydroxylation sites is 2. The van der Waals surface area contributed by atoms with Crippen LogP contribution in [0.3, 0.4) is 0 Å². The van der Waals surface area contributed by atoms with E-state index in [1.165, 1.54) is 22.8 Å². The lowest BCUT2D eigenvalue weighted by Gasteiger charge is -2.13. The molecule has 0 bridgehead atoms. The van der Waals surface area contributed by atoms with Crippen molar-refractivity contribution in [3.8, 4) is 0 Å². The molecule has 0 unspecified atom stereocenters. The van der Waals surface area contributed by atoms with Gasteiger partial charge in [0.15, 0.2) is 5.16 Å². The molecular formula is C20H16F3N5O2S. The van der Waals surface area contributed by atoms with E-state index in [1.54, 1.807) is 28.7 Å². The minimum Gasteiger partial charge on any atom is -0.325 e. The maximum Gasteiger partial charge on any atom is 0.418 e. The quantitative estimate of drug-likeness (QED) is 0.471. The lowest BCUT2D eigenvalue weighted by molar-refractivity contribution is -0.137. The maximum atomic E-state index is 13.1. The molecule has 1 N–H and O–H groups in total. The van der Waals surface area contributed by atoms with Crippen molar-refractivity contribution in [3.63, 3.8) is 0 Å². The minimum atomic E-state index is -4.58. The first-order valence-corrected chi connectivity index (χ1v) is 10.3. The van der Waals surface area contributed by atoms with Gasteiger partial charge in [-0.1, -0.05) is 36.0 Å². The van der Waals surface area contributed by atoms with Gasteiger partial charge in [0.25, 0.3) is 5.56 Å². The molecule has 2 aromatic carbocycles. The summed E-state index contributed by atoms with van der Waals surface area (Å²) in [6, 6.07) is 11.7. The van der Waals surface area contributed by atoms with E-state index in [4.69, 9.17) is 0 Å². The summed E-state index contributed by atoms with van der Waals surface area (Å²) in [6.07, 6.45) is -4.58. The summed E-state index contributed by atoms with van der Waals surface area (Å²) in [5.41, 5.74) is -0.838. The fraction of sp³-hybridized carbons (Fsp3) is 0.200. The molecule has 0 saturated heterocycles. The van der Waals surface area contributed by atoms with Crippen LogP contribution in [0.5, 0.6) is 0 Å². The largest absolute Gasteiger partial charge is 0.418 e. The fourth-order valence-electron chi connectivity index (χ4n) is 3.27. The molecule has 0 radical (unpaired) electrons. The van der Waals surface area contributed by atoms with E-state index in [1.807, 2.05) is 6.92 Å². The van der Waals surface area contributed by atoms with Crippen LogP contribution in [0, 0.1) is 0 Å². The third-order valence-corrected chi connectivity index (χ3v) is 5.56. The van der Waals surface area contributed by atoms with Crippen molar-refractivity contribution in [2.24, 2.45) is 0 Å². The Morgan fingerprint density at radius 2 is 1.81 bits per heavy atom. The molecule has 2 heterocycles. The van der Waals surface area contributed by atoms with Crippen molar-refractivity contribution < 1.29 is 18.0 Å². The highest BCUT2D eigenvalue weighted by atomic mass is 32.2. The molecule has 0 spiro atoms. The third kappa shape index (κ3) is 3.88. The van der Waals surface area contributed by atoms with Gasteiger partial charge < -0.3 is 5.32 Å². The molecule has 4 aromatic rings. The number of amides is 1. The number of aryl methyl sites for hydroxylation is 1. The summed E-state index contributed by atoms with van der Waals surface area (Å²) < 4.78 is 42.5. The van der Waals surface area contributed by atoms with Gasteiger partial charge in [-0.05, 0) is 31.2 Å². The smallest absolute Gasteiger partial charge is 0.325 e. The Balaban J connectivity index is 1.63. The van der Waals surface area contributed by atoms with Gasteiger partial charge in [-0.15, -0.1) is 10.2 Å². The van der Waals surface area contributed by atoms with Crippen LogP contribution in [0.2, 0.25) is 0 Å². The predicted octanol–water partition coefficient (Wildman–Crippen LogP) is 3.81. The number of aromatic nitrogens is 4. The van der Waals surface area contributed by atoms with Gasteiger partial charge in [0.2, 0.25) is 11.7 Å². The van der Waals surface area contributed by atoms with E-state index in [0.717, 1.165) is 17.8 Å². The summed E-state index contributed by atoms with van der Waals surface area (Å²) in [5, 5.41) is 11.3. The summed E-state index contributed by atoms with van der Waals surface area (Å²) in [4.78, 5) is 25.0. The van der Waals surface area contributed by atoms with Gasteiger partial charge in [0.1, 0.15) is 0 Å². The number of benzene rings is 2. The lowest BCUT2D eigenvalue weighted by Crippen LogP contribution is -2.22. The average molecular weight is 447 g/mol. The number of anilines is 1.